The molecule has 0 saturated heterocycles. The van der Waals surface area contributed by atoms with Gasteiger partial charge in [-0.05, 0) is 86.9 Å². The van der Waals surface area contributed by atoms with Crippen molar-refractivity contribution in [1.82, 2.24) is 0 Å². The van der Waals surface area contributed by atoms with E-state index >= 15 is 0 Å². The van der Waals surface area contributed by atoms with E-state index in [2.05, 4.69) is 27.7 Å². The van der Waals surface area contributed by atoms with Crippen LogP contribution < -0.4 is 0 Å². The van der Waals surface area contributed by atoms with E-state index in [1.165, 1.54) is 12.8 Å². The zero-order valence-electron chi connectivity index (χ0n) is 18.2. The Hall–Kier alpha value is -0.160. The fourth-order valence-electron chi connectivity index (χ4n) is 7.18. The van der Waals surface area contributed by atoms with Gasteiger partial charge in [0.2, 0.25) is 0 Å². The quantitative estimate of drug-likeness (QED) is 0.640. The predicted octanol–water partition coefficient (Wildman–Crippen LogP) is 4.11. The van der Waals surface area contributed by atoms with Gasteiger partial charge in [-0.2, -0.15) is 0 Å². The van der Waals surface area contributed by atoms with Gasteiger partial charge in [0.1, 0.15) is 0 Å². The van der Waals surface area contributed by atoms with Crippen molar-refractivity contribution in [3.8, 4) is 0 Å². The number of hydrogen-bond acceptors (Lipinski definition) is 4. The van der Waals surface area contributed by atoms with Crippen LogP contribution in [0.25, 0.3) is 0 Å². The summed E-state index contributed by atoms with van der Waals surface area (Å²) in [5.41, 5.74) is 0.202. The highest BCUT2D eigenvalue weighted by molar-refractivity contribution is 5.08. The van der Waals surface area contributed by atoms with Crippen molar-refractivity contribution in [2.45, 2.75) is 111 Å². The fraction of sp³-hybridized carbons (Fsp3) is 1.00. The number of rotatable bonds is 4. The smallest absolute Gasteiger partial charge is 0.160 e. The minimum Gasteiger partial charge on any atom is -0.390 e. The Labute approximate surface area is 165 Å². The largest absolute Gasteiger partial charge is 0.390 e. The van der Waals surface area contributed by atoms with Crippen LogP contribution in [0.3, 0.4) is 0 Å². The zero-order valence-corrected chi connectivity index (χ0v) is 18.2. The first-order valence-electron chi connectivity index (χ1n) is 11.2. The molecule has 3 saturated carbocycles. The van der Waals surface area contributed by atoms with E-state index in [9.17, 15) is 15.3 Å². The fourth-order valence-corrected chi connectivity index (χ4v) is 7.18. The van der Waals surface area contributed by atoms with E-state index < -0.39 is 18.0 Å². The highest BCUT2D eigenvalue weighted by Gasteiger charge is 2.59. The Morgan fingerprint density at radius 1 is 0.963 bits per heavy atom. The molecule has 0 heterocycles. The van der Waals surface area contributed by atoms with Crippen molar-refractivity contribution in [2.75, 3.05) is 0 Å². The molecule has 0 aromatic heterocycles. The summed E-state index contributed by atoms with van der Waals surface area (Å²) in [4.78, 5) is 0. The van der Waals surface area contributed by atoms with Gasteiger partial charge in [0, 0.05) is 0 Å². The average Bonchev–Trinajstić information content (AvgIpc) is 2.87. The van der Waals surface area contributed by atoms with E-state index in [-0.39, 0.29) is 22.9 Å². The second-order valence-electron chi connectivity index (χ2n) is 10.9. The molecule has 0 aromatic carbocycles. The standard InChI is InChI=1S/C23H42O4/c1-7-15-19(25)18(24)11-13-23(15,6)17-10-12-22(5)14(2)8-9-16(22)20(17)27-21(3,4)26/h14-20,24-26H,7-13H2,1-6H3/t14-,15?,16?,17?,18-,19-,20?,22+,23-/m0/s1. The van der Waals surface area contributed by atoms with E-state index in [0.717, 1.165) is 25.7 Å². The Balaban J connectivity index is 1.97. The summed E-state index contributed by atoms with van der Waals surface area (Å²) in [7, 11) is 0. The molecule has 27 heavy (non-hydrogen) atoms. The van der Waals surface area contributed by atoms with Crippen molar-refractivity contribution in [3.05, 3.63) is 0 Å². The molecule has 0 spiro atoms. The van der Waals surface area contributed by atoms with Crippen LogP contribution in [0.2, 0.25) is 0 Å². The van der Waals surface area contributed by atoms with Gasteiger partial charge >= 0.3 is 0 Å². The van der Waals surface area contributed by atoms with Crippen LogP contribution in [0.1, 0.15) is 86.5 Å². The first-order chi connectivity index (χ1) is 12.4. The van der Waals surface area contributed by atoms with E-state index in [1.54, 1.807) is 13.8 Å². The topological polar surface area (TPSA) is 69.9 Å². The summed E-state index contributed by atoms with van der Waals surface area (Å²) in [6, 6.07) is 0. The number of aliphatic hydroxyl groups excluding tert-OH is 2. The summed E-state index contributed by atoms with van der Waals surface area (Å²) < 4.78 is 6.40. The van der Waals surface area contributed by atoms with Crippen molar-refractivity contribution < 1.29 is 20.1 Å². The molecule has 3 rings (SSSR count). The maximum absolute atomic E-state index is 10.8. The monoisotopic (exact) mass is 382 g/mol. The summed E-state index contributed by atoms with van der Waals surface area (Å²) >= 11 is 0. The van der Waals surface area contributed by atoms with Crippen LogP contribution in [0.4, 0.5) is 0 Å². The third-order valence-electron chi connectivity index (χ3n) is 9.01. The van der Waals surface area contributed by atoms with Gasteiger partial charge in [-0.25, -0.2) is 0 Å². The first-order valence-corrected chi connectivity index (χ1v) is 11.2. The lowest BCUT2D eigenvalue weighted by Gasteiger charge is -2.58. The molecular weight excluding hydrogens is 340 g/mol. The van der Waals surface area contributed by atoms with Gasteiger partial charge in [-0.15, -0.1) is 0 Å². The summed E-state index contributed by atoms with van der Waals surface area (Å²) in [6.45, 7) is 12.7. The zero-order chi connectivity index (χ0) is 20.2. The predicted molar refractivity (Wildman–Crippen MR) is 107 cm³/mol. The van der Waals surface area contributed by atoms with Gasteiger partial charge in [-0.1, -0.05) is 34.1 Å². The van der Waals surface area contributed by atoms with Gasteiger partial charge in [0.05, 0.1) is 18.3 Å². The number of hydrogen-bond donors (Lipinski definition) is 3. The highest BCUT2D eigenvalue weighted by atomic mass is 16.6. The molecule has 3 fully saturated rings. The average molecular weight is 383 g/mol. The van der Waals surface area contributed by atoms with Gasteiger partial charge in [-0.3, -0.25) is 0 Å². The molecule has 3 aliphatic rings. The van der Waals surface area contributed by atoms with Crippen LogP contribution in [-0.4, -0.2) is 39.4 Å². The van der Waals surface area contributed by atoms with Crippen molar-refractivity contribution in [1.29, 1.82) is 0 Å². The molecule has 4 nitrogen and oxygen atoms in total. The molecule has 4 heteroatoms. The Morgan fingerprint density at radius 2 is 1.56 bits per heavy atom. The second-order valence-corrected chi connectivity index (χ2v) is 10.9. The Morgan fingerprint density at radius 3 is 2.15 bits per heavy atom. The van der Waals surface area contributed by atoms with E-state index in [1.807, 2.05) is 0 Å². The highest BCUT2D eigenvalue weighted by Crippen LogP contribution is 2.62. The number of fused-ring (bicyclic) bond motifs is 1. The molecule has 0 aromatic rings. The van der Waals surface area contributed by atoms with Crippen molar-refractivity contribution >= 4 is 0 Å². The van der Waals surface area contributed by atoms with Crippen LogP contribution in [0.5, 0.6) is 0 Å². The molecule has 4 unspecified atom stereocenters. The van der Waals surface area contributed by atoms with Gasteiger partial charge < -0.3 is 20.1 Å². The SMILES string of the molecule is CCC1[C@H](O)[C@@H](O)CC[C@]1(C)C1CC[C@@]2(C)C(CC[C@@H]2C)C1OC(C)(C)O. The summed E-state index contributed by atoms with van der Waals surface area (Å²) in [5, 5.41) is 31.6. The molecule has 0 radical (unpaired) electrons. The van der Waals surface area contributed by atoms with Gasteiger partial charge in [0.25, 0.3) is 0 Å². The molecule has 0 amide bonds. The van der Waals surface area contributed by atoms with E-state index in [0.29, 0.717) is 24.2 Å². The molecule has 158 valence electrons. The molecule has 0 bridgehead atoms. The number of ether oxygens (including phenoxy) is 1. The molecule has 3 N–H and O–H groups in total. The Kier molecular flexibility index (Phi) is 5.80. The maximum atomic E-state index is 10.8. The molecule has 0 aliphatic heterocycles. The minimum absolute atomic E-state index is 0.00944. The third kappa shape index (κ3) is 3.60. The lowest BCUT2D eigenvalue weighted by atomic mass is 9.50. The van der Waals surface area contributed by atoms with Crippen molar-refractivity contribution in [2.24, 2.45) is 34.5 Å². The maximum Gasteiger partial charge on any atom is 0.160 e. The van der Waals surface area contributed by atoms with E-state index in [4.69, 9.17) is 4.74 Å². The third-order valence-corrected chi connectivity index (χ3v) is 9.01. The van der Waals surface area contributed by atoms with Crippen LogP contribution in [0.15, 0.2) is 0 Å². The molecule has 9 atom stereocenters. The van der Waals surface area contributed by atoms with Gasteiger partial charge in [0.15, 0.2) is 5.79 Å². The van der Waals surface area contributed by atoms with Crippen molar-refractivity contribution in [3.63, 3.8) is 0 Å². The normalized spacial score (nSPS) is 51.2. The summed E-state index contributed by atoms with van der Waals surface area (Å²) in [5.74, 6) is 0.361. The lowest BCUT2D eigenvalue weighted by Crippen LogP contribution is -2.58. The molecule has 3 aliphatic carbocycles. The van der Waals surface area contributed by atoms with Crippen LogP contribution in [-0.2, 0) is 4.74 Å². The minimum atomic E-state index is -1.15. The molecular formula is C23H42O4. The summed E-state index contributed by atoms with van der Waals surface area (Å²) in [6.07, 6.45) is 5.82. The first kappa shape index (κ1) is 21.5. The van der Waals surface area contributed by atoms with Crippen LogP contribution in [0, 0.1) is 34.5 Å². The lowest BCUT2D eigenvalue weighted by molar-refractivity contribution is -0.266. The van der Waals surface area contributed by atoms with Crippen LogP contribution >= 0.6 is 0 Å². The Bertz CT molecular complexity index is 529. The second kappa shape index (κ2) is 7.27. The number of aliphatic hydroxyl groups is 3.